The van der Waals surface area contributed by atoms with Crippen LogP contribution in [0.3, 0.4) is 0 Å². The number of rotatable bonds is 3. The lowest BCUT2D eigenvalue weighted by molar-refractivity contribution is -0.126. The van der Waals surface area contributed by atoms with Crippen LogP contribution in [-0.4, -0.2) is 34.9 Å². The number of allylic oxidation sites excluding steroid dienone is 1. The van der Waals surface area contributed by atoms with E-state index in [1.165, 1.54) is 0 Å². The Kier molecular flexibility index (Phi) is 4.00. The zero-order valence-electron chi connectivity index (χ0n) is 14.2. The van der Waals surface area contributed by atoms with Crippen LogP contribution in [0.1, 0.15) is 48.0 Å². The van der Waals surface area contributed by atoms with Crippen LogP contribution in [0.5, 0.6) is 5.75 Å². The first-order valence-corrected chi connectivity index (χ1v) is 8.87. The fourth-order valence-electron chi connectivity index (χ4n) is 3.98. The number of fused-ring (bicyclic) bond motifs is 1. The molecule has 3 atom stereocenters. The van der Waals surface area contributed by atoms with Gasteiger partial charge in [-0.15, -0.1) is 0 Å². The van der Waals surface area contributed by atoms with Crippen molar-refractivity contribution < 1.29 is 14.3 Å². The van der Waals surface area contributed by atoms with Crippen molar-refractivity contribution in [2.75, 3.05) is 0 Å². The lowest BCUT2D eigenvalue weighted by Crippen LogP contribution is -2.49. The summed E-state index contributed by atoms with van der Waals surface area (Å²) >= 11 is 0. The van der Waals surface area contributed by atoms with Gasteiger partial charge in [0.25, 0.3) is 5.91 Å². The average Bonchev–Trinajstić information content (AvgIpc) is 3.12. The summed E-state index contributed by atoms with van der Waals surface area (Å²) in [6, 6.07) is 5.18. The zero-order valence-corrected chi connectivity index (χ0v) is 14.2. The topological polar surface area (TPSA) is 84.7 Å². The molecule has 6 nitrogen and oxygen atoms in total. The van der Waals surface area contributed by atoms with Gasteiger partial charge in [0.2, 0.25) is 5.91 Å². The Hall–Kier alpha value is -2.34. The smallest absolute Gasteiger partial charge is 0.255 e. The minimum absolute atomic E-state index is 0.0430. The number of nitrogens with two attached hydrogens (primary N) is 1. The second-order valence-corrected chi connectivity index (χ2v) is 7.15. The van der Waals surface area contributed by atoms with Crippen molar-refractivity contribution in [3.63, 3.8) is 0 Å². The van der Waals surface area contributed by atoms with E-state index in [0.717, 1.165) is 30.6 Å². The lowest BCUT2D eigenvalue weighted by Gasteiger charge is -2.30. The molecule has 1 saturated carbocycles. The maximum absolute atomic E-state index is 12.7. The highest BCUT2D eigenvalue weighted by atomic mass is 16.5. The second kappa shape index (κ2) is 6.19. The van der Waals surface area contributed by atoms with Crippen LogP contribution >= 0.6 is 0 Å². The molecule has 2 heterocycles. The summed E-state index contributed by atoms with van der Waals surface area (Å²) in [7, 11) is 0. The second-order valence-electron chi connectivity index (χ2n) is 7.15. The molecular formula is C19H23N3O3. The van der Waals surface area contributed by atoms with Gasteiger partial charge in [0.15, 0.2) is 0 Å². The molecule has 25 heavy (non-hydrogen) atoms. The Bertz CT molecular complexity index is 745. The molecule has 1 aromatic rings. The van der Waals surface area contributed by atoms with Crippen molar-refractivity contribution in [3.8, 4) is 5.75 Å². The van der Waals surface area contributed by atoms with Crippen LogP contribution in [0.25, 0.3) is 0 Å². The van der Waals surface area contributed by atoms with Crippen LogP contribution in [0.15, 0.2) is 30.5 Å². The van der Waals surface area contributed by atoms with Crippen molar-refractivity contribution in [2.24, 2.45) is 5.73 Å². The Labute approximate surface area is 147 Å². The van der Waals surface area contributed by atoms with Crippen LogP contribution < -0.4 is 15.8 Å². The molecular weight excluding hydrogens is 318 g/mol. The van der Waals surface area contributed by atoms with E-state index in [1.807, 2.05) is 12.1 Å². The largest absolute Gasteiger partial charge is 0.489 e. The Morgan fingerprint density at radius 2 is 2.08 bits per heavy atom. The fourth-order valence-corrected chi connectivity index (χ4v) is 3.98. The molecule has 1 saturated heterocycles. The van der Waals surface area contributed by atoms with Crippen molar-refractivity contribution in [2.45, 2.75) is 56.8 Å². The molecule has 1 aliphatic carbocycles. The first-order chi connectivity index (χ1) is 12.0. The summed E-state index contributed by atoms with van der Waals surface area (Å²) in [5.74, 6) is 0.509. The maximum Gasteiger partial charge on any atom is 0.255 e. The third-order valence-corrected chi connectivity index (χ3v) is 5.40. The molecule has 0 radical (unpaired) electrons. The number of hydrogen-bond acceptors (Lipinski definition) is 4. The molecule has 2 aliphatic heterocycles. The molecule has 2 fully saturated rings. The first kappa shape index (κ1) is 16.1. The van der Waals surface area contributed by atoms with Gasteiger partial charge in [-0.05, 0) is 55.9 Å². The molecule has 132 valence electrons. The Morgan fingerprint density at radius 1 is 1.24 bits per heavy atom. The number of amides is 2. The Morgan fingerprint density at radius 3 is 2.80 bits per heavy atom. The van der Waals surface area contributed by atoms with Crippen LogP contribution in [0.2, 0.25) is 0 Å². The molecule has 0 aromatic heterocycles. The summed E-state index contributed by atoms with van der Waals surface area (Å²) in [4.78, 5) is 26.6. The van der Waals surface area contributed by atoms with Crippen LogP contribution in [0, 0.1) is 0 Å². The summed E-state index contributed by atoms with van der Waals surface area (Å²) in [6.07, 6.45) is 4.40. The highest BCUT2D eigenvalue weighted by Crippen LogP contribution is 2.32. The fraction of sp³-hybridized carbons (Fsp3) is 0.474. The molecule has 0 spiro atoms. The summed E-state index contributed by atoms with van der Waals surface area (Å²) in [5.41, 5.74) is 8.35. The van der Waals surface area contributed by atoms with Gasteiger partial charge < -0.3 is 20.7 Å². The average molecular weight is 341 g/mol. The summed E-state index contributed by atoms with van der Waals surface area (Å²) in [5, 5.41) is 2.75. The lowest BCUT2D eigenvalue weighted by atomic mass is 10.0. The number of nitrogens with zero attached hydrogens (tertiary/aromatic N) is 1. The number of hydrogen-bond donors (Lipinski definition) is 2. The molecule has 1 aromatic carbocycles. The molecule has 0 bridgehead atoms. The molecule has 2 amide bonds. The Balaban J connectivity index is 1.51. The van der Waals surface area contributed by atoms with E-state index in [2.05, 4.69) is 11.9 Å². The minimum atomic E-state index is -0.432. The molecule has 6 heteroatoms. The SMILES string of the molecule is C=C1CCC(N2Cc3cc(O[C@@H]4CCC[C@@H]4N)ccc3C2=O)C(=O)N1. The third-order valence-electron chi connectivity index (χ3n) is 5.40. The van der Waals surface area contributed by atoms with E-state index < -0.39 is 6.04 Å². The standard InChI is InChI=1S/C19H23N3O3/c1-11-5-8-16(18(23)21-11)22-10-12-9-13(6-7-14(12)19(22)24)25-17-4-2-3-15(17)20/h6-7,9,15-17H,1-5,8,10,20H2,(H,21,23)/t15-,16?,17+/m0/s1. The van der Waals surface area contributed by atoms with Gasteiger partial charge in [0.1, 0.15) is 17.9 Å². The normalized spacial score (nSPS) is 28.9. The van der Waals surface area contributed by atoms with E-state index in [4.69, 9.17) is 10.5 Å². The van der Waals surface area contributed by atoms with E-state index in [0.29, 0.717) is 30.6 Å². The van der Waals surface area contributed by atoms with Gasteiger partial charge in [-0.2, -0.15) is 0 Å². The number of ether oxygens (including phenoxy) is 1. The molecule has 1 unspecified atom stereocenters. The maximum atomic E-state index is 12.7. The summed E-state index contributed by atoms with van der Waals surface area (Å²) in [6.45, 7) is 4.23. The van der Waals surface area contributed by atoms with Crippen molar-refractivity contribution in [3.05, 3.63) is 41.6 Å². The first-order valence-electron chi connectivity index (χ1n) is 8.87. The monoisotopic (exact) mass is 341 g/mol. The molecule has 4 rings (SSSR count). The van der Waals surface area contributed by atoms with E-state index in [1.54, 1.807) is 11.0 Å². The van der Waals surface area contributed by atoms with Crippen molar-refractivity contribution in [1.29, 1.82) is 0 Å². The van der Waals surface area contributed by atoms with Gasteiger partial charge in [-0.1, -0.05) is 6.58 Å². The van der Waals surface area contributed by atoms with Gasteiger partial charge in [-0.25, -0.2) is 0 Å². The predicted octanol–water partition coefficient (Wildman–Crippen LogP) is 1.69. The van der Waals surface area contributed by atoms with Gasteiger partial charge >= 0.3 is 0 Å². The van der Waals surface area contributed by atoms with E-state index in [-0.39, 0.29) is 24.0 Å². The van der Waals surface area contributed by atoms with Gasteiger partial charge in [-0.3, -0.25) is 9.59 Å². The van der Waals surface area contributed by atoms with E-state index in [9.17, 15) is 9.59 Å². The number of benzene rings is 1. The number of carbonyl (C=O) groups is 2. The summed E-state index contributed by atoms with van der Waals surface area (Å²) < 4.78 is 6.02. The highest BCUT2D eigenvalue weighted by molar-refractivity contribution is 6.01. The van der Waals surface area contributed by atoms with Gasteiger partial charge in [0, 0.05) is 23.8 Å². The van der Waals surface area contributed by atoms with Crippen molar-refractivity contribution >= 4 is 11.8 Å². The molecule has 3 N–H and O–H groups in total. The van der Waals surface area contributed by atoms with Gasteiger partial charge in [0.05, 0.1) is 0 Å². The number of piperidine rings is 1. The highest BCUT2D eigenvalue weighted by Gasteiger charge is 2.38. The zero-order chi connectivity index (χ0) is 17.6. The number of carbonyl (C=O) groups excluding carboxylic acids is 2. The number of nitrogens with one attached hydrogen (secondary N) is 1. The quantitative estimate of drug-likeness (QED) is 0.876. The third kappa shape index (κ3) is 2.91. The minimum Gasteiger partial charge on any atom is -0.489 e. The van der Waals surface area contributed by atoms with Crippen LogP contribution in [0.4, 0.5) is 0 Å². The predicted molar refractivity (Wildman–Crippen MR) is 92.9 cm³/mol. The van der Waals surface area contributed by atoms with Crippen molar-refractivity contribution in [1.82, 2.24) is 10.2 Å². The molecule has 3 aliphatic rings. The van der Waals surface area contributed by atoms with Crippen LogP contribution in [-0.2, 0) is 11.3 Å². The van der Waals surface area contributed by atoms with E-state index >= 15 is 0 Å².